The van der Waals surface area contributed by atoms with Crippen molar-refractivity contribution in [2.45, 2.75) is 42.8 Å². The number of fused-ring (bicyclic) bond motifs is 1. The Labute approximate surface area is 203 Å². The molecule has 1 aliphatic heterocycles. The zero-order valence-electron chi connectivity index (χ0n) is 18.5. The molecule has 1 aromatic carbocycles. The van der Waals surface area contributed by atoms with Crippen LogP contribution in [-0.4, -0.2) is 43.7 Å². The Morgan fingerprint density at radius 1 is 1.18 bits per heavy atom. The van der Waals surface area contributed by atoms with Crippen LogP contribution in [0.25, 0.3) is 21.3 Å². The van der Waals surface area contributed by atoms with Crippen LogP contribution in [0.1, 0.15) is 32.1 Å². The number of amides is 4. The molecule has 176 valence electrons. The fourth-order valence-corrected chi connectivity index (χ4v) is 6.27. The van der Waals surface area contributed by atoms with Crippen molar-refractivity contribution in [3.05, 3.63) is 46.1 Å². The summed E-state index contributed by atoms with van der Waals surface area (Å²) < 4.78 is 1.42. The van der Waals surface area contributed by atoms with E-state index in [0.717, 1.165) is 47.2 Å². The van der Waals surface area contributed by atoms with E-state index in [1.54, 1.807) is 7.05 Å². The zero-order valence-corrected chi connectivity index (χ0v) is 20.1. The van der Waals surface area contributed by atoms with Gasteiger partial charge in [-0.25, -0.2) is 9.78 Å². The summed E-state index contributed by atoms with van der Waals surface area (Å²) in [5, 5.41) is 6.39. The molecule has 1 aliphatic carbocycles. The summed E-state index contributed by atoms with van der Waals surface area (Å²) in [7, 11) is 1.62. The van der Waals surface area contributed by atoms with Crippen molar-refractivity contribution in [2.24, 2.45) is 7.05 Å². The number of hydrogen-bond acceptors (Lipinski definition) is 7. The molecule has 4 amide bonds. The van der Waals surface area contributed by atoms with Crippen molar-refractivity contribution < 1.29 is 14.4 Å². The smallest absolute Gasteiger partial charge is 0.322 e. The highest BCUT2D eigenvalue weighted by Crippen LogP contribution is 2.34. The maximum Gasteiger partial charge on any atom is 0.344 e. The number of carbonyl (C=O) groups excluding carboxylic acids is 3. The van der Waals surface area contributed by atoms with E-state index in [2.05, 4.69) is 15.7 Å². The number of nitrogens with one attached hydrogen (secondary N) is 2. The Bertz CT molecular complexity index is 1340. The first-order valence-corrected chi connectivity index (χ1v) is 12.9. The number of rotatable bonds is 5. The number of imide groups is 1. The van der Waals surface area contributed by atoms with Gasteiger partial charge in [-0.1, -0.05) is 61.4 Å². The van der Waals surface area contributed by atoms with E-state index in [4.69, 9.17) is 0 Å². The van der Waals surface area contributed by atoms with E-state index < -0.39 is 23.4 Å². The van der Waals surface area contributed by atoms with E-state index in [-0.39, 0.29) is 11.3 Å². The van der Waals surface area contributed by atoms with Gasteiger partial charge in [-0.2, -0.15) is 5.01 Å². The normalized spacial score (nSPS) is 17.4. The molecular formula is C23H23N5O4S2. The molecule has 1 saturated heterocycles. The average molecular weight is 498 g/mol. The SMILES string of the molecule is Cn1c(SCC(=O)NN2C(=O)NC3(CCCCC3)C2=O)nc2scc(-c3ccccc3)c2c1=O. The van der Waals surface area contributed by atoms with Crippen LogP contribution < -0.4 is 16.3 Å². The molecule has 11 heteroatoms. The molecule has 1 spiro atoms. The lowest BCUT2D eigenvalue weighted by molar-refractivity contribution is -0.139. The number of carbonyl (C=O) groups is 3. The fourth-order valence-electron chi connectivity index (χ4n) is 4.52. The predicted octanol–water partition coefficient (Wildman–Crippen LogP) is 3.04. The second-order valence-electron chi connectivity index (χ2n) is 8.49. The Kier molecular flexibility index (Phi) is 5.90. The number of nitrogens with zero attached hydrogens (tertiary/aromatic N) is 3. The first-order chi connectivity index (χ1) is 16.4. The van der Waals surface area contributed by atoms with Gasteiger partial charge < -0.3 is 5.32 Å². The highest BCUT2D eigenvalue weighted by atomic mass is 32.2. The van der Waals surface area contributed by atoms with Crippen LogP contribution in [0.15, 0.2) is 45.7 Å². The van der Waals surface area contributed by atoms with Crippen LogP contribution in [0.5, 0.6) is 0 Å². The number of thioether (sulfide) groups is 1. The van der Waals surface area contributed by atoms with Crippen LogP contribution in [0.3, 0.4) is 0 Å². The average Bonchev–Trinajstić information content (AvgIpc) is 3.36. The molecule has 9 nitrogen and oxygen atoms in total. The van der Waals surface area contributed by atoms with Crippen molar-refractivity contribution >= 4 is 51.2 Å². The summed E-state index contributed by atoms with van der Waals surface area (Å²) in [5.74, 6) is -1.03. The Morgan fingerprint density at radius 3 is 2.65 bits per heavy atom. The van der Waals surface area contributed by atoms with E-state index in [1.165, 1.54) is 15.9 Å². The Balaban J connectivity index is 1.30. The maximum absolute atomic E-state index is 13.1. The molecule has 2 N–H and O–H groups in total. The molecule has 0 radical (unpaired) electrons. The second kappa shape index (κ2) is 8.88. The molecule has 2 fully saturated rings. The molecule has 0 atom stereocenters. The van der Waals surface area contributed by atoms with Crippen molar-refractivity contribution in [1.82, 2.24) is 25.3 Å². The third kappa shape index (κ3) is 3.88. The van der Waals surface area contributed by atoms with Crippen LogP contribution in [0.4, 0.5) is 4.79 Å². The van der Waals surface area contributed by atoms with E-state index in [1.807, 2.05) is 35.7 Å². The fraction of sp³-hybridized carbons (Fsp3) is 0.348. The summed E-state index contributed by atoms with van der Waals surface area (Å²) >= 11 is 2.45. The molecule has 3 heterocycles. The van der Waals surface area contributed by atoms with Crippen molar-refractivity contribution in [1.29, 1.82) is 0 Å². The van der Waals surface area contributed by atoms with Gasteiger partial charge in [0.2, 0.25) is 5.91 Å². The van der Waals surface area contributed by atoms with Gasteiger partial charge in [0.25, 0.3) is 11.5 Å². The number of urea groups is 1. The van der Waals surface area contributed by atoms with Crippen LogP contribution in [0.2, 0.25) is 0 Å². The van der Waals surface area contributed by atoms with Crippen LogP contribution in [0, 0.1) is 0 Å². The minimum Gasteiger partial charge on any atom is -0.322 e. The third-order valence-corrected chi connectivity index (χ3v) is 8.20. The summed E-state index contributed by atoms with van der Waals surface area (Å²) in [4.78, 5) is 56.0. The van der Waals surface area contributed by atoms with Crippen LogP contribution in [-0.2, 0) is 16.6 Å². The van der Waals surface area contributed by atoms with Gasteiger partial charge in [0.05, 0.1) is 11.1 Å². The molecule has 34 heavy (non-hydrogen) atoms. The molecule has 5 rings (SSSR count). The zero-order chi connectivity index (χ0) is 23.9. The quantitative estimate of drug-likeness (QED) is 0.318. The molecular weight excluding hydrogens is 474 g/mol. The minimum absolute atomic E-state index is 0.104. The van der Waals surface area contributed by atoms with E-state index in [9.17, 15) is 19.2 Å². The van der Waals surface area contributed by atoms with Crippen LogP contribution >= 0.6 is 23.1 Å². The van der Waals surface area contributed by atoms with E-state index >= 15 is 0 Å². The summed E-state index contributed by atoms with van der Waals surface area (Å²) in [6.45, 7) is 0. The van der Waals surface area contributed by atoms with Gasteiger partial charge in [-0.15, -0.1) is 11.3 Å². The van der Waals surface area contributed by atoms with Gasteiger partial charge in [0.1, 0.15) is 10.4 Å². The highest BCUT2D eigenvalue weighted by Gasteiger charge is 2.52. The first kappa shape index (κ1) is 22.6. The number of hydrazine groups is 1. The van der Waals surface area contributed by atoms with Crippen molar-refractivity contribution in [3.8, 4) is 11.1 Å². The monoisotopic (exact) mass is 497 g/mol. The standard InChI is InChI=1S/C23H23N5O4S2/c1-27-19(30)17-15(14-8-4-2-5-9-14)12-33-18(17)24-22(27)34-13-16(29)26-28-20(31)23(25-21(28)32)10-6-3-7-11-23/h2,4-5,8-9,12H,3,6-7,10-11,13H2,1H3,(H,25,32)(H,26,29). The van der Waals surface area contributed by atoms with Gasteiger partial charge >= 0.3 is 6.03 Å². The summed E-state index contributed by atoms with van der Waals surface area (Å²) in [5.41, 5.74) is 3.10. The molecule has 1 saturated carbocycles. The molecule has 2 aliphatic rings. The minimum atomic E-state index is -0.901. The van der Waals surface area contributed by atoms with Gasteiger partial charge in [-0.3, -0.25) is 24.4 Å². The van der Waals surface area contributed by atoms with E-state index in [0.29, 0.717) is 28.2 Å². The lowest BCUT2D eigenvalue weighted by atomic mass is 9.82. The Morgan fingerprint density at radius 2 is 1.91 bits per heavy atom. The summed E-state index contributed by atoms with van der Waals surface area (Å²) in [6, 6.07) is 9.04. The Hall–Kier alpha value is -3.18. The van der Waals surface area contributed by atoms with Gasteiger partial charge in [0, 0.05) is 18.0 Å². The van der Waals surface area contributed by atoms with Crippen molar-refractivity contribution in [2.75, 3.05) is 5.75 Å². The number of aromatic nitrogens is 2. The lowest BCUT2D eigenvalue weighted by Crippen LogP contribution is -2.51. The highest BCUT2D eigenvalue weighted by molar-refractivity contribution is 7.99. The van der Waals surface area contributed by atoms with Crippen molar-refractivity contribution in [3.63, 3.8) is 0 Å². The topological polar surface area (TPSA) is 113 Å². The second-order valence-corrected chi connectivity index (χ2v) is 10.3. The van der Waals surface area contributed by atoms with Gasteiger partial charge in [-0.05, 0) is 18.4 Å². The van der Waals surface area contributed by atoms with Gasteiger partial charge in [0.15, 0.2) is 5.16 Å². The number of thiophene rings is 1. The number of hydrogen-bond donors (Lipinski definition) is 2. The largest absolute Gasteiger partial charge is 0.344 e. The lowest BCUT2D eigenvalue weighted by Gasteiger charge is -2.30. The maximum atomic E-state index is 13.1. The molecule has 0 bridgehead atoms. The molecule has 2 aromatic heterocycles. The predicted molar refractivity (Wildman–Crippen MR) is 130 cm³/mol. The number of benzene rings is 1. The molecule has 3 aromatic rings. The first-order valence-electron chi connectivity index (χ1n) is 11.0. The third-order valence-electron chi connectivity index (χ3n) is 6.30. The molecule has 0 unspecified atom stereocenters. The summed E-state index contributed by atoms with van der Waals surface area (Å²) in [6.07, 6.45) is 3.91.